The van der Waals surface area contributed by atoms with Crippen molar-refractivity contribution < 1.29 is 32.3 Å². The Morgan fingerprint density at radius 3 is 2.23 bits per heavy atom. The molecular formula is C30H28N4O8S. The number of rotatable bonds is 13. The van der Waals surface area contributed by atoms with E-state index in [2.05, 4.69) is 10.5 Å². The Kier molecular flexibility index (Phi) is 9.91. The van der Waals surface area contributed by atoms with E-state index in [1.165, 1.54) is 56.8 Å². The minimum atomic E-state index is -4.16. The third-order valence-electron chi connectivity index (χ3n) is 6.11. The molecule has 222 valence electrons. The van der Waals surface area contributed by atoms with E-state index >= 15 is 0 Å². The lowest BCUT2D eigenvalue weighted by Crippen LogP contribution is -2.39. The highest BCUT2D eigenvalue weighted by Crippen LogP contribution is 2.35. The molecule has 13 heteroatoms. The van der Waals surface area contributed by atoms with Gasteiger partial charge in [-0.05, 0) is 71.8 Å². The van der Waals surface area contributed by atoms with Crippen molar-refractivity contribution in [3.8, 4) is 17.2 Å². The minimum absolute atomic E-state index is 0.0000549. The summed E-state index contributed by atoms with van der Waals surface area (Å²) in [5.41, 5.74) is 3.94. The summed E-state index contributed by atoms with van der Waals surface area (Å²) >= 11 is 0. The number of benzene rings is 4. The van der Waals surface area contributed by atoms with Crippen molar-refractivity contribution in [3.05, 3.63) is 118 Å². The van der Waals surface area contributed by atoms with Crippen LogP contribution in [-0.4, -0.2) is 46.2 Å². The highest BCUT2D eigenvalue weighted by molar-refractivity contribution is 7.92. The number of hydrazone groups is 1. The third-order valence-corrected chi connectivity index (χ3v) is 7.88. The number of nitro groups is 1. The lowest BCUT2D eigenvalue weighted by molar-refractivity contribution is -0.384. The number of anilines is 1. The van der Waals surface area contributed by atoms with Crippen LogP contribution in [0.25, 0.3) is 0 Å². The predicted octanol–water partition coefficient (Wildman–Crippen LogP) is 4.54. The lowest BCUT2D eigenvalue weighted by atomic mass is 10.2. The zero-order valence-electron chi connectivity index (χ0n) is 23.2. The molecule has 0 bridgehead atoms. The average Bonchev–Trinajstić information content (AvgIpc) is 3.03. The number of methoxy groups -OCH3 is 2. The molecule has 0 saturated carbocycles. The number of hydrogen-bond donors (Lipinski definition) is 1. The van der Waals surface area contributed by atoms with E-state index in [0.717, 1.165) is 9.87 Å². The normalized spacial score (nSPS) is 11.1. The monoisotopic (exact) mass is 604 g/mol. The molecule has 0 aliphatic carbocycles. The Morgan fingerprint density at radius 2 is 1.60 bits per heavy atom. The van der Waals surface area contributed by atoms with Gasteiger partial charge in [-0.2, -0.15) is 5.10 Å². The summed E-state index contributed by atoms with van der Waals surface area (Å²) < 4.78 is 44.5. The molecule has 0 aromatic heterocycles. The maximum Gasteiger partial charge on any atom is 0.269 e. The Hall–Kier alpha value is -5.43. The fourth-order valence-corrected chi connectivity index (χ4v) is 5.34. The summed E-state index contributed by atoms with van der Waals surface area (Å²) in [6.07, 6.45) is 1.40. The Morgan fingerprint density at radius 1 is 0.930 bits per heavy atom. The van der Waals surface area contributed by atoms with Gasteiger partial charge in [0.05, 0.1) is 35.9 Å². The largest absolute Gasteiger partial charge is 0.497 e. The van der Waals surface area contributed by atoms with Crippen LogP contribution in [0.1, 0.15) is 11.1 Å². The Labute approximate surface area is 248 Å². The topological polar surface area (TPSA) is 150 Å². The molecule has 0 radical (unpaired) electrons. The SMILES string of the molecule is COc1ccc(N(CC(=O)N/N=C/c2ccc(OCc3ccc([N+](=O)[O-])cc3)cc2)S(=O)(=O)c2ccccc2)c(OC)c1. The van der Waals surface area contributed by atoms with Crippen molar-refractivity contribution in [2.24, 2.45) is 5.10 Å². The molecule has 4 aromatic rings. The van der Waals surface area contributed by atoms with Crippen molar-refractivity contribution in [1.29, 1.82) is 0 Å². The lowest BCUT2D eigenvalue weighted by Gasteiger charge is -2.25. The van der Waals surface area contributed by atoms with Crippen LogP contribution >= 0.6 is 0 Å². The summed E-state index contributed by atoms with van der Waals surface area (Å²) in [6.45, 7) is -0.352. The molecule has 0 aliphatic heterocycles. The molecule has 0 atom stereocenters. The van der Waals surface area contributed by atoms with Crippen LogP contribution < -0.4 is 23.9 Å². The van der Waals surface area contributed by atoms with Gasteiger partial charge in [-0.3, -0.25) is 19.2 Å². The first-order valence-corrected chi connectivity index (χ1v) is 14.2. The highest BCUT2D eigenvalue weighted by Gasteiger charge is 2.29. The number of non-ortho nitro benzene ring substituents is 1. The summed E-state index contributed by atoms with van der Waals surface area (Å²) in [6, 6.07) is 25.3. The third kappa shape index (κ3) is 7.86. The van der Waals surface area contributed by atoms with E-state index in [1.807, 2.05) is 0 Å². The van der Waals surface area contributed by atoms with Gasteiger partial charge in [-0.15, -0.1) is 0 Å². The number of carbonyl (C=O) groups excluding carboxylic acids is 1. The van der Waals surface area contributed by atoms with E-state index in [9.17, 15) is 23.3 Å². The molecule has 4 aromatic carbocycles. The fourth-order valence-electron chi connectivity index (χ4n) is 3.89. The Bertz CT molecular complexity index is 1690. The number of amides is 1. The predicted molar refractivity (Wildman–Crippen MR) is 160 cm³/mol. The second-order valence-electron chi connectivity index (χ2n) is 8.94. The van der Waals surface area contributed by atoms with Crippen molar-refractivity contribution in [2.45, 2.75) is 11.5 Å². The van der Waals surface area contributed by atoms with Crippen LogP contribution in [0.2, 0.25) is 0 Å². The first-order chi connectivity index (χ1) is 20.7. The number of nitro benzene ring substituents is 1. The molecule has 43 heavy (non-hydrogen) atoms. The van der Waals surface area contributed by atoms with E-state index in [4.69, 9.17) is 14.2 Å². The van der Waals surface area contributed by atoms with Crippen LogP contribution in [0.4, 0.5) is 11.4 Å². The molecule has 0 heterocycles. The number of sulfonamides is 1. The van der Waals surface area contributed by atoms with Crippen molar-refractivity contribution in [1.82, 2.24) is 5.43 Å². The molecule has 0 saturated heterocycles. The first-order valence-electron chi connectivity index (χ1n) is 12.8. The number of hydrogen-bond acceptors (Lipinski definition) is 9. The molecule has 0 spiro atoms. The molecule has 0 fully saturated rings. The maximum atomic E-state index is 13.6. The number of ether oxygens (including phenoxy) is 3. The smallest absolute Gasteiger partial charge is 0.269 e. The maximum absolute atomic E-state index is 13.6. The molecule has 1 N–H and O–H groups in total. The van der Waals surface area contributed by atoms with Crippen molar-refractivity contribution in [3.63, 3.8) is 0 Å². The summed E-state index contributed by atoms with van der Waals surface area (Å²) in [5.74, 6) is 0.534. The van der Waals surface area contributed by atoms with Gasteiger partial charge in [0.15, 0.2) is 0 Å². The molecule has 0 unspecified atom stereocenters. The van der Waals surface area contributed by atoms with Gasteiger partial charge in [-0.25, -0.2) is 13.8 Å². The summed E-state index contributed by atoms with van der Waals surface area (Å²) in [7, 11) is -1.30. The van der Waals surface area contributed by atoms with Gasteiger partial charge < -0.3 is 14.2 Å². The minimum Gasteiger partial charge on any atom is -0.497 e. The van der Waals surface area contributed by atoms with E-state index in [1.54, 1.807) is 60.7 Å². The highest BCUT2D eigenvalue weighted by atomic mass is 32.2. The van der Waals surface area contributed by atoms with Crippen LogP contribution in [0.3, 0.4) is 0 Å². The number of carbonyl (C=O) groups is 1. The van der Waals surface area contributed by atoms with Crippen molar-refractivity contribution >= 4 is 33.5 Å². The first kappa shape index (κ1) is 30.5. The second kappa shape index (κ2) is 14.0. The van der Waals surface area contributed by atoms with Gasteiger partial charge in [0, 0.05) is 18.2 Å². The van der Waals surface area contributed by atoms with Gasteiger partial charge in [0.25, 0.3) is 21.6 Å². The van der Waals surface area contributed by atoms with E-state index in [-0.39, 0.29) is 28.6 Å². The molecule has 1 amide bonds. The van der Waals surface area contributed by atoms with Gasteiger partial charge >= 0.3 is 0 Å². The van der Waals surface area contributed by atoms with Crippen molar-refractivity contribution in [2.75, 3.05) is 25.1 Å². The van der Waals surface area contributed by atoms with Crippen LogP contribution in [0, 0.1) is 10.1 Å². The summed E-state index contributed by atoms with van der Waals surface area (Å²) in [4.78, 5) is 23.2. The Balaban J connectivity index is 1.42. The average molecular weight is 605 g/mol. The number of nitrogens with one attached hydrogen (secondary N) is 1. The fraction of sp³-hybridized carbons (Fsp3) is 0.133. The van der Waals surface area contributed by atoms with E-state index < -0.39 is 27.4 Å². The standard InChI is InChI=1S/C30H28N4O8S/c1-40-26-16-17-28(29(18-26)41-2)33(43(38,39)27-6-4-3-5-7-27)20-30(35)32-31-19-22-10-14-25(15-11-22)42-21-23-8-12-24(13-9-23)34(36)37/h3-19H,20-21H2,1-2H3,(H,32,35)/b31-19+. The zero-order valence-corrected chi connectivity index (χ0v) is 24.1. The van der Waals surface area contributed by atoms with Gasteiger partial charge in [0.1, 0.15) is 30.4 Å². The van der Waals surface area contributed by atoms with Crippen LogP contribution in [0.5, 0.6) is 17.2 Å². The molecule has 4 rings (SSSR count). The second-order valence-corrected chi connectivity index (χ2v) is 10.8. The van der Waals surface area contributed by atoms with Crippen LogP contribution in [-0.2, 0) is 21.4 Å². The molecule has 12 nitrogen and oxygen atoms in total. The van der Waals surface area contributed by atoms with Crippen LogP contribution in [0.15, 0.2) is 107 Å². The van der Waals surface area contributed by atoms with E-state index in [0.29, 0.717) is 17.1 Å². The summed E-state index contributed by atoms with van der Waals surface area (Å²) in [5, 5.41) is 14.7. The molecular weight excluding hydrogens is 576 g/mol. The number of nitrogens with zero attached hydrogens (tertiary/aromatic N) is 3. The van der Waals surface area contributed by atoms with Gasteiger partial charge in [-0.1, -0.05) is 18.2 Å². The zero-order chi connectivity index (χ0) is 30.8. The van der Waals surface area contributed by atoms with Gasteiger partial charge in [0.2, 0.25) is 0 Å². The molecule has 0 aliphatic rings. The quantitative estimate of drug-likeness (QED) is 0.133.